The second-order valence-electron chi connectivity index (χ2n) is 2.33. The van der Waals surface area contributed by atoms with Crippen molar-refractivity contribution in [2.75, 3.05) is 13.2 Å². The molecule has 0 saturated carbocycles. The zero-order valence-electron chi connectivity index (χ0n) is 8.21. The summed E-state index contributed by atoms with van der Waals surface area (Å²) in [4.78, 5) is 21.8. The highest BCUT2D eigenvalue weighted by Gasteiger charge is 2.06. The maximum absolute atomic E-state index is 10.9. The third-order valence-corrected chi connectivity index (χ3v) is 1.42. The average molecular weight is 221 g/mol. The van der Waals surface area contributed by atoms with E-state index < -0.39 is 11.9 Å². The highest BCUT2D eigenvalue weighted by Crippen LogP contribution is 2.08. The molecule has 0 unspecified atom stereocenters. The van der Waals surface area contributed by atoms with Gasteiger partial charge in [0.1, 0.15) is 0 Å². The average Bonchev–Trinajstić information content (AvgIpc) is 2.03. The quantitative estimate of drug-likeness (QED) is 0.522. The summed E-state index contributed by atoms with van der Waals surface area (Å²) < 4.78 is 9.24. The molecule has 0 aromatic rings. The molecule has 5 heteroatoms. The van der Waals surface area contributed by atoms with Crippen LogP contribution in [0.4, 0.5) is 0 Å². The Morgan fingerprint density at radius 3 is 2.29 bits per heavy atom. The number of hydrogen-bond acceptors (Lipinski definition) is 4. The Hall–Kier alpha value is -1.03. The second-order valence-corrected chi connectivity index (χ2v) is 2.81. The van der Waals surface area contributed by atoms with E-state index in [1.165, 1.54) is 0 Å². The molecular weight excluding hydrogens is 208 g/mol. The zero-order chi connectivity index (χ0) is 11.0. The van der Waals surface area contributed by atoms with Crippen LogP contribution in [0.3, 0.4) is 0 Å². The van der Waals surface area contributed by atoms with Crippen molar-refractivity contribution in [1.29, 1.82) is 0 Å². The molecule has 0 saturated heterocycles. The number of esters is 2. The molecule has 0 aromatic heterocycles. The normalized spacial score (nSPS) is 10.9. The molecular formula is C9H13ClO4. The number of halogens is 1. The minimum Gasteiger partial charge on any atom is -0.466 e. The summed E-state index contributed by atoms with van der Waals surface area (Å²) in [5, 5.41) is 0.113. The minimum atomic E-state index is -0.554. The summed E-state index contributed by atoms with van der Waals surface area (Å²) in [7, 11) is 0. The smallest absolute Gasteiger partial charge is 0.331 e. The van der Waals surface area contributed by atoms with E-state index in [1.807, 2.05) is 0 Å². The van der Waals surface area contributed by atoms with Gasteiger partial charge in [-0.05, 0) is 13.8 Å². The SMILES string of the molecule is CCOC(=O)/C=C(\Cl)CC(=O)OCC. The van der Waals surface area contributed by atoms with Gasteiger partial charge in [0.05, 0.1) is 19.6 Å². The Morgan fingerprint density at radius 1 is 1.21 bits per heavy atom. The van der Waals surface area contributed by atoms with Crippen molar-refractivity contribution >= 4 is 23.5 Å². The number of carbonyl (C=O) groups is 2. The van der Waals surface area contributed by atoms with Gasteiger partial charge in [0.25, 0.3) is 0 Å². The molecule has 0 aromatic carbocycles. The standard InChI is InChI=1S/C9H13ClO4/c1-3-13-8(11)5-7(10)6-9(12)14-4-2/h5H,3-4,6H2,1-2H3/b7-5-. The van der Waals surface area contributed by atoms with Crippen LogP contribution in [0.1, 0.15) is 20.3 Å². The molecule has 0 N–H and O–H groups in total. The molecule has 0 fully saturated rings. The number of rotatable bonds is 5. The maximum atomic E-state index is 10.9. The van der Waals surface area contributed by atoms with Crippen molar-refractivity contribution in [2.24, 2.45) is 0 Å². The van der Waals surface area contributed by atoms with E-state index in [2.05, 4.69) is 9.47 Å². The molecule has 0 aliphatic carbocycles. The first kappa shape index (κ1) is 13.0. The lowest BCUT2D eigenvalue weighted by Gasteiger charge is -2.00. The molecule has 0 aliphatic rings. The Morgan fingerprint density at radius 2 is 1.79 bits per heavy atom. The van der Waals surface area contributed by atoms with Gasteiger partial charge in [0.15, 0.2) is 0 Å². The Bertz CT molecular complexity index is 235. The molecule has 0 radical (unpaired) electrons. The lowest BCUT2D eigenvalue weighted by atomic mass is 10.4. The molecule has 0 aliphatic heterocycles. The van der Waals surface area contributed by atoms with Crippen molar-refractivity contribution in [1.82, 2.24) is 0 Å². The van der Waals surface area contributed by atoms with Crippen LogP contribution in [-0.2, 0) is 19.1 Å². The molecule has 4 nitrogen and oxygen atoms in total. The van der Waals surface area contributed by atoms with E-state index in [4.69, 9.17) is 11.6 Å². The molecule has 0 amide bonds. The molecule has 0 spiro atoms. The van der Waals surface area contributed by atoms with Gasteiger partial charge in [-0.15, -0.1) is 0 Å². The minimum absolute atomic E-state index is 0.103. The first-order valence-electron chi connectivity index (χ1n) is 4.28. The van der Waals surface area contributed by atoms with Crippen LogP contribution in [-0.4, -0.2) is 25.2 Å². The highest BCUT2D eigenvalue weighted by atomic mass is 35.5. The molecule has 14 heavy (non-hydrogen) atoms. The van der Waals surface area contributed by atoms with Crippen molar-refractivity contribution in [3.63, 3.8) is 0 Å². The Labute approximate surface area is 87.8 Å². The van der Waals surface area contributed by atoms with Gasteiger partial charge >= 0.3 is 11.9 Å². The molecule has 0 bridgehead atoms. The van der Waals surface area contributed by atoms with E-state index in [9.17, 15) is 9.59 Å². The van der Waals surface area contributed by atoms with Crippen LogP contribution >= 0.6 is 11.6 Å². The van der Waals surface area contributed by atoms with Gasteiger partial charge in [0.2, 0.25) is 0 Å². The lowest BCUT2D eigenvalue weighted by Crippen LogP contribution is -2.05. The topological polar surface area (TPSA) is 52.6 Å². The van der Waals surface area contributed by atoms with Gasteiger partial charge in [-0.3, -0.25) is 4.79 Å². The summed E-state index contributed by atoms with van der Waals surface area (Å²) in [5.41, 5.74) is 0. The summed E-state index contributed by atoms with van der Waals surface area (Å²) >= 11 is 5.60. The van der Waals surface area contributed by atoms with Crippen molar-refractivity contribution in [3.05, 3.63) is 11.1 Å². The van der Waals surface area contributed by atoms with Gasteiger partial charge < -0.3 is 9.47 Å². The molecule has 80 valence electrons. The third kappa shape index (κ3) is 6.48. The highest BCUT2D eigenvalue weighted by molar-refractivity contribution is 6.32. The van der Waals surface area contributed by atoms with Crippen LogP contribution in [0.15, 0.2) is 11.1 Å². The van der Waals surface area contributed by atoms with Crippen LogP contribution in [0.5, 0.6) is 0 Å². The van der Waals surface area contributed by atoms with Gasteiger partial charge in [-0.2, -0.15) is 0 Å². The number of ether oxygens (including phenoxy) is 2. The molecule has 0 rings (SSSR count). The fourth-order valence-corrected chi connectivity index (χ4v) is 0.911. The number of carbonyl (C=O) groups excluding carboxylic acids is 2. The Balaban J connectivity index is 3.99. The van der Waals surface area contributed by atoms with Crippen molar-refractivity contribution in [2.45, 2.75) is 20.3 Å². The fraction of sp³-hybridized carbons (Fsp3) is 0.556. The Kier molecular flexibility index (Phi) is 6.84. The van der Waals surface area contributed by atoms with Crippen molar-refractivity contribution in [3.8, 4) is 0 Å². The predicted molar refractivity (Wildman–Crippen MR) is 51.8 cm³/mol. The zero-order valence-corrected chi connectivity index (χ0v) is 8.97. The van der Waals surface area contributed by atoms with Gasteiger partial charge in [-0.1, -0.05) is 11.6 Å². The van der Waals surface area contributed by atoms with Crippen LogP contribution in [0.2, 0.25) is 0 Å². The second kappa shape index (κ2) is 7.38. The van der Waals surface area contributed by atoms with Crippen LogP contribution in [0.25, 0.3) is 0 Å². The first-order chi connectivity index (χ1) is 6.60. The maximum Gasteiger partial charge on any atom is 0.331 e. The largest absolute Gasteiger partial charge is 0.466 e. The monoisotopic (exact) mass is 220 g/mol. The summed E-state index contributed by atoms with van der Waals surface area (Å²) in [6.45, 7) is 3.95. The number of hydrogen-bond donors (Lipinski definition) is 0. The van der Waals surface area contributed by atoms with E-state index in [-0.39, 0.29) is 18.1 Å². The molecule has 0 heterocycles. The van der Waals surface area contributed by atoms with E-state index in [0.717, 1.165) is 6.08 Å². The predicted octanol–water partition coefficient (Wildman–Crippen LogP) is 1.63. The first-order valence-corrected chi connectivity index (χ1v) is 4.66. The van der Waals surface area contributed by atoms with E-state index >= 15 is 0 Å². The van der Waals surface area contributed by atoms with E-state index in [1.54, 1.807) is 13.8 Å². The summed E-state index contributed by atoms with van der Waals surface area (Å²) in [6.07, 6.45) is 0.968. The summed E-state index contributed by atoms with van der Waals surface area (Å²) in [5.74, 6) is -1.01. The lowest BCUT2D eigenvalue weighted by molar-refractivity contribution is -0.142. The van der Waals surface area contributed by atoms with E-state index in [0.29, 0.717) is 6.61 Å². The third-order valence-electron chi connectivity index (χ3n) is 1.18. The van der Waals surface area contributed by atoms with Crippen molar-refractivity contribution < 1.29 is 19.1 Å². The van der Waals surface area contributed by atoms with Gasteiger partial charge in [-0.25, -0.2) is 4.79 Å². The fourth-order valence-electron chi connectivity index (χ4n) is 0.713. The molecule has 0 atom stereocenters. The van der Waals surface area contributed by atoms with Crippen LogP contribution < -0.4 is 0 Å². The van der Waals surface area contributed by atoms with Crippen LogP contribution in [0, 0.1) is 0 Å². The summed E-state index contributed by atoms with van der Waals surface area (Å²) in [6, 6.07) is 0. The van der Waals surface area contributed by atoms with Gasteiger partial charge in [0, 0.05) is 11.1 Å².